The van der Waals surface area contributed by atoms with E-state index in [4.69, 9.17) is 4.74 Å². The van der Waals surface area contributed by atoms with Crippen molar-refractivity contribution in [3.8, 4) is 5.75 Å². The number of methoxy groups -OCH3 is 1. The van der Waals surface area contributed by atoms with E-state index in [1.165, 1.54) is 7.11 Å². The number of carbonyl (C=O) groups excluding carboxylic acids is 2. The van der Waals surface area contributed by atoms with Gasteiger partial charge in [-0.3, -0.25) is 9.59 Å². The number of esters is 2. The molecule has 0 amide bonds. The van der Waals surface area contributed by atoms with Gasteiger partial charge in [0.2, 0.25) is 0 Å². The van der Waals surface area contributed by atoms with E-state index in [0.717, 1.165) is 10.0 Å². The summed E-state index contributed by atoms with van der Waals surface area (Å²) in [4.78, 5) is 22.7. The van der Waals surface area contributed by atoms with Crippen LogP contribution in [-0.2, 0) is 14.3 Å². The quantitative estimate of drug-likeness (QED) is 0.621. The number of hydrogen-bond acceptors (Lipinski definition) is 4. The van der Waals surface area contributed by atoms with Crippen LogP contribution >= 0.6 is 15.9 Å². The third-order valence-corrected chi connectivity index (χ3v) is 3.39. The highest BCUT2D eigenvalue weighted by atomic mass is 79.9. The van der Waals surface area contributed by atoms with Gasteiger partial charge in [-0.15, -0.1) is 0 Å². The predicted octanol–water partition coefficient (Wildman–Crippen LogP) is 2.40. The molecule has 1 heterocycles. The fourth-order valence-electron chi connectivity index (χ4n) is 1.93. The Morgan fingerprint density at radius 2 is 2.35 bits per heavy atom. The van der Waals surface area contributed by atoms with E-state index in [-0.39, 0.29) is 30.7 Å². The highest BCUT2D eigenvalue weighted by molar-refractivity contribution is 9.10. The van der Waals surface area contributed by atoms with Crippen LogP contribution in [0.5, 0.6) is 5.75 Å². The lowest BCUT2D eigenvalue weighted by Gasteiger charge is -2.24. The highest BCUT2D eigenvalue weighted by Crippen LogP contribution is 2.40. The first-order valence-corrected chi connectivity index (χ1v) is 5.97. The smallest absolute Gasteiger partial charge is 0.311 e. The zero-order valence-corrected chi connectivity index (χ0v) is 10.8. The summed E-state index contributed by atoms with van der Waals surface area (Å²) in [6.07, 6.45) is 0.381. The maximum atomic E-state index is 11.4. The second-order valence-electron chi connectivity index (χ2n) is 3.81. The summed E-state index contributed by atoms with van der Waals surface area (Å²) in [5, 5.41) is 0. The Labute approximate surface area is 107 Å². The van der Waals surface area contributed by atoms with Gasteiger partial charge in [-0.1, -0.05) is 22.0 Å². The molecule has 0 spiro atoms. The summed E-state index contributed by atoms with van der Waals surface area (Å²) in [5.41, 5.74) is 0.859. The molecule has 1 aliphatic heterocycles. The second-order valence-corrected chi connectivity index (χ2v) is 4.66. The minimum absolute atomic E-state index is 0.182. The van der Waals surface area contributed by atoms with Crippen LogP contribution in [0.4, 0.5) is 0 Å². The van der Waals surface area contributed by atoms with E-state index >= 15 is 0 Å². The summed E-state index contributed by atoms with van der Waals surface area (Å²) in [7, 11) is 1.34. The molecule has 1 atom stereocenters. The van der Waals surface area contributed by atoms with Gasteiger partial charge in [0.1, 0.15) is 5.75 Å². The fraction of sp³-hybridized carbons (Fsp3) is 0.333. The second kappa shape index (κ2) is 4.87. The van der Waals surface area contributed by atoms with Crippen molar-refractivity contribution in [2.45, 2.75) is 18.8 Å². The van der Waals surface area contributed by atoms with Gasteiger partial charge in [0.25, 0.3) is 0 Å². The van der Waals surface area contributed by atoms with Gasteiger partial charge in [0.05, 0.1) is 20.0 Å². The standard InChI is InChI=1S/C12H11BrO4/c1-16-10(14)5-7-6-11(15)17-9-4-2-3-8(13)12(7)9/h2-4,7H,5-6H2,1H3. The Morgan fingerprint density at radius 3 is 3.06 bits per heavy atom. The lowest BCUT2D eigenvalue weighted by Crippen LogP contribution is -2.22. The van der Waals surface area contributed by atoms with Crippen molar-refractivity contribution in [1.29, 1.82) is 0 Å². The Balaban J connectivity index is 2.36. The first kappa shape index (κ1) is 12.1. The van der Waals surface area contributed by atoms with Gasteiger partial charge < -0.3 is 9.47 Å². The van der Waals surface area contributed by atoms with Crippen LogP contribution in [-0.4, -0.2) is 19.0 Å². The average molecular weight is 299 g/mol. The number of hydrogen-bond donors (Lipinski definition) is 0. The zero-order valence-electron chi connectivity index (χ0n) is 9.23. The molecule has 90 valence electrons. The van der Waals surface area contributed by atoms with Crippen LogP contribution in [0.15, 0.2) is 22.7 Å². The summed E-state index contributed by atoms with van der Waals surface area (Å²) in [6, 6.07) is 5.38. The lowest BCUT2D eigenvalue weighted by atomic mass is 9.90. The summed E-state index contributed by atoms with van der Waals surface area (Å²) in [5.74, 6) is -0.310. The summed E-state index contributed by atoms with van der Waals surface area (Å²) < 4.78 is 10.6. The molecule has 5 heteroatoms. The van der Waals surface area contributed by atoms with Gasteiger partial charge in [-0.2, -0.15) is 0 Å². The number of fused-ring (bicyclic) bond motifs is 1. The van der Waals surface area contributed by atoms with Crippen molar-refractivity contribution in [1.82, 2.24) is 0 Å². The first-order valence-electron chi connectivity index (χ1n) is 5.17. The van der Waals surface area contributed by atoms with Crippen molar-refractivity contribution in [2.24, 2.45) is 0 Å². The molecule has 0 radical (unpaired) electrons. The zero-order chi connectivity index (χ0) is 12.4. The number of benzene rings is 1. The predicted molar refractivity (Wildman–Crippen MR) is 63.8 cm³/mol. The van der Waals surface area contributed by atoms with Crippen LogP contribution < -0.4 is 4.74 Å². The van der Waals surface area contributed by atoms with Gasteiger partial charge in [-0.25, -0.2) is 0 Å². The molecule has 1 aliphatic rings. The minimum Gasteiger partial charge on any atom is -0.469 e. The molecule has 0 N–H and O–H groups in total. The monoisotopic (exact) mass is 298 g/mol. The van der Waals surface area contributed by atoms with E-state index < -0.39 is 0 Å². The largest absolute Gasteiger partial charge is 0.469 e. The van der Waals surface area contributed by atoms with Crippen LogP contribution in [0, 0.1) is 0 Å². The molecular formula is C12H11BrO4. The van der Waals surface area contributed by atoms with Crippen molar-refractivity contribution >= 4 is 27.9 Å². The van der Waals surface area contributed by atoms with E-state index in [2.05, 4.69) is 20.7 Å². The molecular weight excluding hydrogens is 288 g/mol. The van der Waals surface area contributed by atoms with Gasteiger partial charge in [-0.05, 0) is 12.1 Å². The fourth-order valence-corrected chi connectivity index (χ4v) is 2.60. The molecule has 0 aromatic heterocycles. The van der Waals surface area contributed by atoms with Crippen molar-refractivity contribution in [2.75, 3.05) is 7.11 Å². The minimum atomic E-state index is -0.327. The maximum Gasteiger partial charge on any atom is 0.311 e. The van der Waals surface area contributed by atoms with Crippen molar-refractivity contribution in [3.63, 3.8) is 0 Å². The molecule has 0 saturated carbocycles. The molecule has 0 saturated heterocycles. The van der Waals surface area contributed by atoms with Crippen LogP contribution in [0.3, 0.4) is 0 Å². The van der Waals surface area contributed by atoms with E-state index in [9.17, 15) is 9.59 Å². The average Bonchev–Trinajstić information content (AvgIpc) is 2.28. The Morgan fingerprint density at radius 1 is 1.59 bits per heavy atom. The van der Waals surface area contributed by atoms with E-state index in [0.29, 0.717) is 5.75 Å². The van der Waals surface area contributed by atoms with Crippen LogP contribution in [0.25, 0.3) is 0 Å². The highest BCUT2D eigenvalue weighted by Gasteiger charge is 2.30. The molecule has 4 nitrogen and oxygen atoms in total. The van der Waals surface area contributed by atoms with Gasteiger partial charge in [0, 0.05) is 16.0 Å². The number of carbonyl (C=O) groups is 2. The summed E-state index contributed by atoms with van der Waals surface area (Å²) >= 11 is 3.41. The van der Waals surface area contributed by atoms with Crippen LogP contribution in [0.2, 0.25) is 0 Å². The maximum absolute atomic E-state index is 11.4. The normalized spacial score (nSPS) is 18.2. The van der Waals surface area contributed by atoms with Gasteiger partial charge in [0.15, 0.2) is 0 Å². The summed E-state index contributed by atoms with van der Waals surface area (Å²) in [6.45, 7) is 0. The Hall–Kier alpha value is -1.36. The molecule has 1 aromatic carbocycles. The molecule has 1 unspecified atom stereocenters. The molecule has 1 aromatic rings. The molecule has 17 heavy (non-hydrogen) atoms. The van der Waals surface area contributed by atoms with Crippen molar-refractivity contribution in [3.05, 3.63) is 28.2 Å². The number of rotatable bonds is 2. The third-order valence-electron chi connectivity index (χ3n) is 2.70. The van der Waals surface area contributed by atoms with Crippen LogP contribution in [0.1, 0.15) is 24.3 Å². The molecule has 0 bridgehead atoms. The van der Waals surface area contributed by atoms with E-state index in [1.54, 1.807) is 12.1 Å². The molecule has 2 rings (SSSR count). The third kappa shape index (κ3) is 2.49. The SMILES string of the molecule is COC(=O)CC1CC(=O)Oc2cccc(Br)c21. The lowest BCUT2D eigenvalue weighted by molar-refractivity contribution is -0.142. The number of halogens is 1. The molecule has 0 fully saturated rings. The topological polar surface area (TPSA) is 52.6 Å². The molecule has 0 aliphatic carbocycles. The Kier molecular flexibility index (Phi) is 3.47. The van der Waals surface area contributed by atoms with E-state index in [1.807, 2.05) is 6.07 Å². The first-order chi connectivity index (χ1) is 8.11. The number of ether oxygens (including phenoxy) is 2. The van der Waals surface area contributed by atoms with Gasteiger partial charge >= 0.3 is 11.9 Å². The van der Waals surface area contributed by atoms with Crippen molar-refractivity contribution < 1.29 is 19.1 Å². The Bertz CT molecular complexity index is 470.